The van der Waals surface area contributed by atoms with E-state index in [9.17, 15) is 4.79 Å². The number of anilines is 1. The third-order valence-electron chi connectivity index (χ3n) is 3.73. The Bertz CT molecular complexity index is 432. The van der Waals surface area contributed by atoms with Crippen LogP contribution in [-0.2, 0) is 4.79 Å². The molecule has 0 unspecified atom stereocenters. The standard InChI is InChI=1S/C15H21ClN2O/c1-11-4-3-9-18(10-11)12(2)15(19)17-14-7-5-13(16)6-8-14/h5-8,11-12H,3-4,9-10H2,1-2H3,(H,17,19)/t11-,12-/m0/s1. The summed E-state index contributed by atoms with van der Waals surface area (Å²) in [6.07, 6.45) is 2.45. The van der Waals surface area contributed by atoms with E-state index in [-0.39, 0.29) is 11.9 Å². The Kier molecular flexibility index (Phi) is 4.83. The van der Waals surface area contributed by atoms with Gasteiger partial charge in [-0.25, -0.2) is 0 Å². The molecule has 4 heteroatoms. The average Bonchev–Trinajstić information content (AvgIpc) is 2.40. The summed E-state index contributed by atoms with van der Waals surface area (Å²) in [4.78, 5) is 14.5. The maximum absolute atomic E-state index is 12.2. The molecule has 0 aromatic heterocycles. The molecule has 2 rings (SSSR count). The summed E-state index contributed by atoms with van der Waals surface area (Å²) in [5, 5.41) is 3.62. The van der Waals surface area contributed by atoms with Gasteiger partial charge in [0.25, 0.3) is 0 Å². The molecule has 19 heavy (non-hydrogen) atoms. The molecule has 1 aromatic carbocycles. The number of nitrogens with one attached hydrogen (secondary N) is 1. The van der Waals surface area contributed by atoms with Crippen molar-refractivity contribution in [2.75, 3.05) is 18.4 Å². The second-order valence-electron chi connectivity index (χ2n) is 5.41. The smallest absolute Gasteiger partial charge is 0.241 e. The average molecular weight is 281 g/mol. The first-order valence-electron chi connectivity index (χ1n) is 6.87. The number of nitrogens with zero attached hydrogens (tertiary/aromatic N) is 1. The predicted molar refractivity (Wildman–Crippen MR) is 79.5 cm³/mol. The van der Waals surface area contributed by atoms with Gasteiger partial charge in [0.15, 0.2) is 0 Å². The Morgan fingerprint density at radius 2 is 2.11 bits per heavy atom. The summed E-state index contributed by atoms with van der Waals surface area (Å²) in [7, 11) is 0. The minimum absolute atomic E-state index is 0.0522. The molecule has 1 aromatic rings. The summed E-state index contributed by atoms with van der Waals surface area (Å²) in [6, 6.07) is 7.13. The minimum atomic E-state index is -0.0848. The Morgan fingerprint density at radius 1 is 1.42 bits per heavy atom. The molecular weight excluding hydrogens is 260 g/mol. The van der Waals surface area contributed by atoms with Crippen molar-refractivity contribution in [3.8, 4) is 0 Å². The molecular formula is C15H21ClN2O. The number of rotatable bonds is 3. The van der Waals surface area contributed by atoms with Gasteiger partial charge in [0.05, 0.1) is 6.04 Å². The molecule has 0 aliphatic carbocycles. The van der Waals surface area contributed by atoms with Crippen molar-refractivity contribution in [3.63, 3.8) is 0 Å². The molecule has 0 radical (unpaired) electrons. The maximum atomic E-state index is 12.2. The van der Waals surface area contributed by atoms with Crippen LogP contribution in [0.25, 0.3) is 0 Å². The molecule has 104 valence electrons. The molecule has 1 aliphatic rings. The van der Waals surface area contributed by atoms with E-state index in [1.165, 1.54) is 12.8 Å². The first-order valence-corrected chi connectivity index (χ1v) is 7.24. The summed E-state index contributed by atoms with van der Waals surface area (Å²) in [5.41, 5.74) is 0.798. The van der Waals surface area contributed by atoms with Crippen LogP contribution in [0.5, 0.6) is 0 Å². The first kappa shape index (κ1) is 14.4. The van der Waals surface area contributed by atoms with Crippen molar-refractivity contribution in [3.05, 3.63) is 29.3 Å². The normalized spacial score (nSPS) is 21.9. The van der Waals surface area contributed by atoms with E-state index >= 15 is 0 Å². The van der Waals surface area contributed by atoms with E-state index in [0.717, 1.165) is 18.8 Å². The van der Waals surface area contributed by atoms with E-state index in [0.29, 0.717) is 10.9 Å². The molecule has 1 saturated heterocycles. The van der Waals surface area contributed by atoms with Gasteiger partial charge in [0.2, 0.25) is 5.91 Å². The molecule has 1 heterocycles. The van der Waals surface area contributed by atoms with Crippen molar-refractivity contribution in [1.29, 1.82) is 0 Å². The fourth-order valence-corrected chi connectivity index (χ4v) is 2.65. The van der Waals surface area contributed by atoms with Gasteiger partial charge in [-0.1, -0.05) is 18.5 Å². The van der Waals surface area contributed by atoms with Crippen molar-refractivity contribution in [2.45, 2.75) is 32.7 Å². The Balaban J connectivity index is 1.93. The molecule has 0 saturated carbocycles. The highest BCUT2D eigenvalue weighted by molar-refractivity contribution is 6.30. The summed E-state index contributed by atoms with van der Waals surface area (Å²) in [5.74, 6) is 0.732. The lowest BCUT2D eigenvalue weighted by molar-refractivity contribution is -0.121. The fraction of sp³-hybridized carbons (Fsp3) is 0.533. The molecule has 0 bridgehead atoms. The largest absolute Gasteiger partial charge is 0.325 e. The number of amides is 1. The fourth-order valence-electron chi connectivity index (χ4n) is 2.52. The van der Waals surface area contributed by atoms with Crippen molar-refractivity contribution in [1.82, 2.24) is 4.90 Å². The SMILES string of the molecule is C[C@H]1CCCN([C@@H](C)C(=O)Nc2ccc(Cl)cc2)C1. The highest BCUT2D eigenvalue weighted by Gasteiger charge is 2.25. The van der Waals surface area contributed by atoms with Crippen LogP contribution in [0.15, 0.2) is 24.3 Å². The van der Waals surface area contributed by atoms with Gasteiger partial charge in [-0.3, -0.25) is 9.69 Å². The predicted octanol–water partition coefficient (Wildman–Crippen LogP) is 3.40. The van der Waals surface area contributed by atoms with E-state index in [2.05, 4.69) is 17.1 Å². The van der Waals surface area contributed by atoms with Gasteiger partial charge >= 0.3 is 0 Å². The molecule has 1 fully saturated rings. The van der Waals surface area contributed by atoms with Gasteiger partial charge in [-0.2, -0.15) is 0 Å². The van der Waals surface area contributed by atoms with Crippen LogP contribution in [-0.4, -0.2) is 29.9 Å². The Labute approximate surface area is 119 Å². The zero-order valence-corrected chi connectivity index (χ0v) is 12.3. The van der Waals surface area contributed by atoms with Crippen molar-refractivity contribution < 1.29 is 4.79 Å². The Morgan fingerprint density at radius 3 is 2.74 bits per heavy atom. The highest BCUT2D eigenvalue weighted by atomic mass is 35.5. The summed E-state index contributed by atoms with van der Waals surface area (Å²) in [6.45, 7) is 6.24. The van der Waals surface area contributed by atoms with Crippen LogP contribution in [0, 0.1) is 5.92 Å². The van der Waals surface area contributed by atoms with Crippen molar-refractivity contribution in [2.24, 2.45) is 5.92 Å². The topological polar surface area (TPSA) is 32.3 Å². The van der Waals surface area contributed by atoms with Crippen LogP contribution in [0.1, 0.15) is 26.7 Å². The number of benzene rings is 1. The zero-order chi connectivity index (χ0) is 13.8. The van der Waals surface area contributed by atoms with Crippen LogP contribution >= 0.6 is 11.6 Å². The molecule has 2 atom stereocenters. The quantitative estimate of drug-likeness (QED) is 0.920. The number of piperidine rings is 1. The van der Waals surface area contributed by atoms with Gasteiger partial charge in [0, 0.05) is 17.3 Å². The van der Waals surface area contributed by atoms with E-state index in [1.807, 2.05) is 19.1 Å². The monoisotopic (exact) mass is 280 g/mol. The number of carbonyl (C=O) groups is 1. The Hall–Kier alpha value is -1.06. The summed E-state index contributed by atoms with van der Waals surface area (Å²) >= 11 is 5.83. The van der Waals surface area contributed by atoms with Gasteiger partial charge in [-0.05, 0) is 56.5 Å². The summed E-state index contributed by atoms with van der Waals surface area (Å²) < 4.78 is 0. The number of hydrogen-bond acceptors (Lipinski definition) is 2. The molecule has 1 N–H and O–H groups in total. The van der Waals surface area contributed by atoms with Crippen LogP contribution in [0.4, 0.5) is 5.69 Å². The van der Waals surface area contributed by atoms with Crippen molar-refractivity contribution >= 4 is 23.2 Å². The van der Waals surface area contributed by atoms with Crippen LogP contribution in [0.3, 0.4) is 0 Å². The zero-order valence-electron chi connectivity index (χ0n) is 11.5. The molecule has 3 nitrogen and oxygen atoms in total. The third-order valence-corrected chi connectivity index (χ3v) is 3.98. The molecule has 0 spiro atoms. The first-order chi connectivity index (χ1) is 9.06. The van der Waals surface area contributed by atoms with E-state index in [4.69, 9.17) is 11.6 Å². The lowest BCUT2D eigenvalue weighted by atomic mass is 9.99. The van der Waals surface area contributed by atoms with Crippen LogP contribution in [0.2, 0.25) is 5.02 Å². The molecule has 1 amide bonds. The lowest BCUT2D eigenvalue weighted by Gasteiger charge is -2.34. The number of carbonyl (C=O) groups excluding carboxylic acids is 1. The minimum Gasteiger partial charge on any atom is -0.325 e. The molecule has 1 aliphatic heterocycles. The lowest BCUT2D eigenvalue weighted by Crippen LogP contribution is -2.46. The highest BCUT2D eigenvalue weighted by Crippen LogP contribution is 2.19. The maximum Gasteiger partial charge on any atom is 0.241 e. The third kappa shape index (κ3) is 3.95. The number of halogens is 1. The van der Waals surface area contributed by atoms with Crippen LogP contribution < -0.4 is 5.32 Å². The second kappa shape index (κ2) is 6.40. The van der Waals surface area contributed by atoms with E-state index < -0.39 is 0 Å². The van der Waals surface area contributed by atoms with E-state index in [1.54, 1.807) is 12.1 Å². The second-order valence-corrected chi connectivity index (χ2v) is 5.85. The van der Waals surface area contributed by atoms with Gasteiger partial charge < -0.3 is 5.32 Å². The van der Waals surface area contributed by atoms with Gasteiger partial charge in [-0.15, -0.1) is 0 Å². The number of likely N-dealkylation sites (tertiary alicyclic amines) is 1. The van der Waals surface area contributed by atoms with Gasteiger partial charge in [0.1, 0.15) is 0 Å². The number of hydrogen-bond donors (Lipinski definition) is 1.